The second-order valence-corrected chi connectivity index (χ2v) is 6.84. The molecule has 0 bridgehead atoms. The molecule has 1 aromatic carbocycles. The minimum absolute atomic E-state index is 0. The topological polar surface area (TPSA) is 93.2 Å². The maximum Gasteiger partial charge on any atom is 0.407 e. The van der Waals surface area contributed by atoms with Crippen molar-refractivity contribution in [2.45, 2.75) is 46.5 Å². The molecular weight excluding hydrogens is 513 g/mol. The summed E-state index contributed by atoms with van der Waals surface area (Å²) in [5.41, 5.74) is -0.0746. The van der Waals surface area contributed by atoms with Crippen molar-refractivity contribution in [2.24, 2.45) is 4.99 Å². The fraction of sp³-hybridized carbons (Fsp3) is 0.579. The second kappa shape index (κ2) is 14.0. The van der Waals surface area contributed by atoms with Gasteiger partial charge in [-0.25, -0.2) is 4.79 Å². The summed E-state index contributed by atoms with van der Waals surface area (Å²) >= 11 is 0. The maximum absolute atomic E-state index is 12.8. The van der Waals surface area contributed by atoms with Crippen molar-refractivity contribution in [2.75, 3.05) is 26.7 Å². The minimum Gasteiger partial charge on any atom is -0.490 e. The summed E-state index contributed by atoms with van der Waals surface area (Å²) in [5, 5.41) is 8.63. The number of para-hydroxylation sites is 1. The molecule has 8 nitrogen and oxygen atoms in total. The van der Waals surface area contributed by atoms with Crippen LogP contribution in [0.2, 0.25) is 0 Å². The molecule has 0 saturated heterocycles. The van der Waals surface area contributed by atoms with E-state index in [1.807, 2.05) is 0 Å². The third-order valence-corrected chi connectivity index (χ3v) is 3.32. The molecule has 1 aromatic rings. The lowest BCUT2D eigenvalue weighted by molar-refractivity contribution is -0.0520. The number of benzene rings is 1. The predicted molar refractivity (Wildman–Crippen MR) is 122 cm³/mol. The molecule has 1 rings (SSSR count). The SMILES string of the molecule is CCOc1cccc(CNC(=NC)NCCNC(=O)OC(C)(C)C)c1OC(F)F.I. The molecule has 0 atom stereocenters. The van der Waals surface area contributed by atoms with E-state index in [0.717, 1.165) is 0 Å². The number of halogens is 3. The Hall–Kier alpha value is -2.05. The molecular formula is C19H31F2IN4O4. The van der Waals surface area contributed by atoms with E-state index in [2.05, 4.69) is 25.7 Å². The van der Waals surface area contributed by atoms with Gasteiger partial charge in [0, 0.05) is 32.2 Å². The maximum atomic E-state index is 12.8. The van der Waals surface area contributed by atoms with Crippen molar-refractivity contribution >= 4 is 36.0 Å². The van der Waals surface area contributed by atoms with Crippen LogP contribution in [-0.4, -0.2) is 51.0 Å². The number of carbonyl (C=O) groups excluding carboxylic acids is 1. The van der Waals surface area contributed by atoms with Crippen LogP contribution >= 0.6 is 24.0 Å². The van der Waals surface area contributed by atoms with E-state index < -0.39 is 18.3 Å². The monoisotopic (exact) mass is 544 g/mol. The van der Waals surface area contributed by atoms with E-state index in [1.54, 1.807) is 52.9 Å². The molecule has 0 spiro atoms. The number of aliphatic imine (C=N–C) groups is 1. The molecule has 172 valence electrons. The van der Waals surface area contributed by atoms with Crippen LogP contribution in [-0.2, 0) is 11.3 Å². The molecule has 11 heteroatoms. The lowest BCUT2D eigenvalue weighted by Gasteiger charge is -2.20. The highest BCUT2D eigenvalue weighted by Gasteiger charge is 2.17. The Kier molecular flexibility index (Phi) is 13.1. The van der Waals surface area contributed by atoms with E-state index in [4.69, 9.17) is 9.47 Å². The summed E-state index contributed by atoms with van der Waals surface area (Å²) in [4.78, 5) is 15.7. The van der Waals surface area contributed by atoms with Crippen LogP contribution in [0.5, 0.6) is 11.5 Å². The normalized spacial score (nSPS) is 11.4. The number of alkyl halides is 2. The van der Waals surface area contributed by atoms with Gasteiger partial charge in [-0.1, -0.05) is 12.1 Å². The standard InChI is InChI=1S/C19H30F2N4O4.HI/c1-6-27-14-9-7-8-13(15(14)28-16(20)21)12-25-17(22-5)23-10-11-24-18(26)29-19(2,3)4;/h7-9,16H,6,10-12H2,1-5H3,(H,24,26)(H2,22,23,25);1H. The van der Waals surface area contributed by atoms with Crippen LogP contribution in [0.15, 0.2) is 23.2 Å². The summed E-state index contributed by atoms with van der Waals surface area (Å²) in [6.07, 6.45) is -0.510. The highest BCUT2D eigenvalue weighted by atomic mass is 127. The van der Waals surface area contributed by atoms with E-state index in [9.17, 15) is 13.6 Å². The van der Waals surface area contributed by atoms with Crippen molar-refractivity contribution in [3.63, 3.8) is 0 Å². The van der Waals surface area contributed by atoms with E-state index in [-0.39, 0.29) is 42.0 Å². The first-order valence-corrected chi connectivity index (χ1v) is 9.27. The molecule has 0 aromatic heterocycles. The summed E-state index contributed by atoms with van der Waals surface area (Å²) in [5.74, 6) is 0.663. The number of nitrogens with zero attached hydrogens (tertiary/aromatic N) is 1. The molecule has 0 saturated carbocycles. The quantitative estimate of drug-likeness (QED) is 0.191. The minimum atomic E-state index is -2.97. The van der Waals surface area contributed by atoms with Crippen LogP contribution in [0.25, 0.3) is 0 Å². The molecule has 0 unspecified atom stereocenters. The first-order valence-electron chi connectivity index (χ1n) is 9.27. The van der Waals surface area contributed by atoms with Gasteiger partial charge >= 0.3 is 12.7 Å². The van der Waals surface area contributed by atoms with E-state index >= 15 is 0 Å². The van der Waals surface area contributed by atoms with Crippen molar-refractivity contribution in [3.05, 3.63) is 23.8 Å². The van der Waals surface area contributed by atoms with Crippen LogP contribution in [0.3, 0.4) is 0 Å². The third kappa shape index (κ3) is 11.2. The van der Waals surface area contributed by atoms with Crippen molar-refractivity contribution in [1.29, 1.82) is 0 Å². The van der Waals surface area contributed by atoms with Gasteiger partial charge in [0.25, 0.3) is 0 Å². The Morgan fingerprint density at radius 3 is 2.40 bits per heavy atom. The number of alkyl carbamates (subject to hydrolysis) is 1. The Morgan fingerprint density at radius 1 is 1.17 bits per heavy atom. The van der Waals surface area contributed by atoms with Gasteiger partial charge in [0.15, 0.2) is 17.5 Å². The largest absolute Gasteiger partial charge is 0.490 e. The number of carbonyl (C=O) groups is 1. The molecule has 0 aliphatic heterocycles. The molecule has 0 heterocycles. The average molecular weight is 544 g/mol. The summed E-state index contributed by atoms with van der Waals surface area (Å²) in [6, 6.07) is 4.92. The molecule has 0 aliphatic carbocycles. The highest BCUT2D eigenvalue weighted by molar-refractivity contribution is 14.0. The van der Waals surface area contributed by atoms with Gasteiger partial charge < -0.3 is 30.2 Å². The number of hydrogen-bond acceptors (Lipinski definition) is 5. The van der Waals surface area contributed by atoms with Gasteiger partial charge in [-0.05, 0) is 33.8 Å². The fourth-order valence-electron chi connectivity index (χ4n) is 2.25. The fourth-order valence-corrected chi connectivity index (χ4v) is 2.25. The molecule has 3 N–H and O–H groups in total. The Balaban J connectivity index is 0.00000841. The van der Waals surface area contributed by atoms with Crippen LogP contribution in [0.4, 0.5) is 13.6 Å². The predicted octanol–water partition coefficient (Wildman–Crippen LogP) is 3.49. The number of amides is 1. The van der Waals surface area contributed by atoms with Crippen molar-refractivity contribution in [1.82, 2.24) is 16.0 Å². The molecule has 1 amide bonds. The Labute approximate surface area is 193 Å². The molecule has 0 radical (unpaired) electrons. The van der Waals surface area contributed by atoms with Gasteiger partial charge in [0.05, 0.1) is 6.61 Å². The zero-order valence-electron chi connectivity index (χ0n) is 17.9. The summed E-state index contributed by atoms with van der Waals surface area (Å²) in [7, 11) is 1.57. The third-order valence-electron chi connectivity index (χ3n) is 3.32. The van der Waals surface area contributed by atoms with Gasteiger partial charge in [-0.2, -0.15) is 8.78 Å². The first kappa shape index (κ1) is 27.9. The molecule has 30 heavy (non-hydrogen) atoms. The summed E-state index contributed by atoms with van der Waals surface area (Å²) in [6.45, 7) is 5.34. The van der Waals surface area contributed by atoms with Crippen LogP contribution in [0.1, 0.15) is 33.3 Å². The van der Waals surface area contributed by atoms with Gasteiger partial charge in [-0.15, -0.1) is 24.0 Å². The molecule has 0 fully saturated rings. The number of guanidine groups is 1. The van der Waals surface area contributed by atoms with Gasteiger partial charge in [0.2, 0.25) is 0 Å². The Morgan fingerprint density at radius 2 is 1.83 bits per heavy atom. The van der Waals surface area contributed by atoms with Crippen LogP contribution < -0.4 is 25.4 Å². The van der Waals surface area contributed by atoms with Gasteiger partial charge in [0.1, 0.15) is 5.60 Å². The van der Waals surface area contributed by atoms with Gasteiger partial charge in [-0.3, -0.25) is 4.99 Å². The number of nitrogens with one attached hydrogen (secondary N) is 3. The lowest BCUT2D eigenvalue weighted by atomic mass is 10.2. The van der Waals surface area contributed by atoms with Crippen molar-refractivity contribution in [3.8, 4) is 11.5 Å². The molecule has 0 aliphatic rings. The zero-order chi connectivity index (χ0) is 21.9. The number of hydrogen-bond donors (Lipinski definition) is 3. The second-order valence-electron chi connectivity index (χ2n) is 6.84. The lowest BCUT2D eigenvalue weighted by Crippen LogP contribution is -2.42. The smallest absolute Gasteiger partial charge is 0.407 e. The Bertz CT molecular complexity index is 685. The average Bonchev–Trinajstić information content (AvgIpc) is 2.61. The number of ether oxygens (including phenoxy) is 3. The summed E-state index contributed by atoms with van der Waals surface area (Å²) < 4.78 is 40.7. The highest BCUT2D eigenvalue weighted by Crippen LogP contribution is 2.32. The zero-order valence-corrected chi connectivity index (χ0v) is 20.2. The van der Waals surface area contributed by atoms with E-state index in [1.165, 1.54) is 0 Å². The first-order chi connectivity index (χ1) is 13.7. The van der Waals surface area contributed by atoms with E-state index in [0.29, 0.717) is 31.2 Å². The van der Waals surface area contributed by atoms with Crippen LogP contribution in [0, 0.1) is 0 Å². The number of rotatable bonds is 9. The van der Waals surface area contributed by atoms with Crippen molar-refractivity contribution < 1.29 is 27.8 Å².